The van der Waals surface area contributed by atoms with Gasteiger partial charge in [-0.1, -0.05) is 12.1 Å². The first-order valence-corrected chi connectivity index (χ1v) is 8.40. The van der Waals surface area contributed by atoms with Crippen molar-refractivity contribution in [3.63, 3.8) is 0 Å². The Balaban J connectivity index is 1.87. The normalized spacial score (nSPS) is 11.4. The van der Waals surface area contributed by atoms with Crippen LogP contribution in [-0.2, 0) is 11.2 Å². The van der Waals surface area contributed by atoms with E-state index < -0.39 is 0 Å². The lowest BCUT2D eigenvalue weighted by molar-refractivity contribution is -0.118. The highest BCUT2D eigenvalue weighted by Crippen LogP contribution is 2.20. The number of carbonyl (C=O) groups excluding carboxylic acids is 1. The fraction of sp³-hybridized carbons (Fsp3) is 0.333. The Hall–Kier alpha value is -2.49. The van der Waals surface area contributed by atoms with Crippen LogP contribution in [0.15, 0.2) is 47.5 Å². The van der Waals surface area contributed by atoms with Crippen LogP contribution in [-0.4, -0.2) is 25.7 Å². The fourth-order valence-electron chi connectivity index (χ4n) is 2.81. The Morgan fingerprint density at radius 3 is 2.44 bits per heavy atom. The smallest absolute Gasteiger partial charge is 0.137 e. The molecule has 0 aromatic heterocycles. The molecule has 4 heteroatoms. The van der Waals surface area contributed by atoms with Gasteiger partial charge in [0.2, 0.25) is 0 Å². The molecule has 0 N–H and O–H groups in total. The van der Waals surface area contributed by atoms with E-state index in [9.17, 15) is 9.18 Å². The molecule has 0 aliphatic heterocycles. The third-order valence-corrected chi connectivity index (χ3v) is 4.18. The van der Waals surface area contributed by atoms with Gasteiger partial charge < -0.3 is 4.74 Å². The van der Waals surface area contributed by atoms with Crippen LogP contribution in [0.5, 0.6) is 5.75 Å². The van der Waals surface area contributed by atoms with Crippen LogP contribution in [0.1, 0.15) is 36.0 Å². The number of aryl methyl sites for hydroxylation is 1. The summed E-state index contributed by atoms with van der Waals surface area (Å²) in [4.78, 5) is 16.5. The quantitative estimate of drug-likeness (QED) is 0.661. The van der Waals surface area contributed by atoms with Crippen LogP contribution in [0.4, 0.5) is 4.39 Å². The molecule has 25 heavy (non-hydrogen) atoms. The largest absolute Gasteiger partial charge is 0.496 e. The highest BCUT2D eigenvalue weighted by Gasteiger charge is 2.09. The van der Waals surface area contributed by atoms with Crippen molar-refractivity contribution in [2.75, 3.05) is 14.2 Å². The van der Waals surface area contributed by atoms with Crippen LogP contribution in [0, 0.1) is 12.7 Å². The molecule has 0 radical (unpaired) electrons. The second-order valence-corrected chi connectivity index (χ2v) is 6.05. The summed E-state index contributed by atoms with van der Waals surface area (Å²) in [6, 6.07) is 12.1. The van der Waals surface area contributed by atoms with Gasteiger partial charge in [0.25, 0.3) is 0 Å². The zero-order chi connectivity index (χ0) is 18.2. The number of halogens is 1. The van der Waals surface area contributed by atoms with Crippen LogP contribution in [0.25, 0.3) is 0 Å². The maximum atomic E-state index is 12.9. The lowest BCUT2D eigenvalue weighted by Crippen LogP contribution is -2.06. The molecule has 2 aromatic rings. The van der Waals surface area contributed by atoms with E-state index in [1.807, 2.05) is 19.1 Å². The number of Topliss-reactive ketones (excluding diaryl/α,β-unsaturated/α-hetero) is 1. The third kappa shape index (κ3) is 5.52. The van der Waals surface area contributed by atoms with Gasteiger partial charge in [0, 0.05) is 25.6 Å². The van der Waals surface area contributed by atoms with Crippen molar-refractivity contribution in [3.8, 4) is 5.75 Å². The summed E-state index contributed by atoms with van der Waals surface area (Å²) in [7, 11) is 3.43. The summed E-state index contributed by atoms with van der Waals surface area (Å²) in [5, 5.41) is 0. The van der Waals surface area contributed by atoms with Crippen molar-refractivity contribution < 1.29 is 13.9 Å². The van der Waals surface area contributed by atoms with Gasteiger partial charge in [-0.2, -0.15) is 0 Å². The molecule has 0 aliphatic rings. The number of benzene rings is 2. The molecular formula is C21H24FNO2. The predicted octanol–water partition coefficient (Wildman–Crippen LogP) is 4.54. The van der Waals surface area contributed by atoms with Crippen molar-refractivity contribution >= 4 is 11.5 Å². The molecule has 0 spiro atoms. The minimum Gasteiger partial charge on any atom is -0.496 e. The summed E-state index contributed by atoms with van der Waals surface area (Å²) in [6.45, 7) is 2.00. The molecule has 0 fully saturated rings. The molecule has 0 unspecified atom stereocenters. The zero-order valence-electron chi connectivity index (χ0n) is 15.0. The average molecular weight is 341 g/mol. The van der Waals surface area contributed by atoms with E-state index in [0.29, 0.717) is 12.8 Å². The highest BCUT2D eigenvalue weighted by atomic mass is 19.1. The summed E-state index contributed by atoms with van der Waals surface area (Å²) in [5.41, 5.74) is 3.96. The maximum Gasteiger partial charge on any atom is 0.137 e. The van der Waals surface area contributed by atoms with Gasteiger partial charge in [-0.15, -0.1) is 0 Å². The highest BCUT2D eigenvalue weighted by molar-refractivity contribution is 6.01. The second-order valence-electron chi connectivity index (χ2n) is 6.05. The number of ether oxygens (including phenoxy) is 1. The van der Waals surface area contributed by atoms with Crippen molar-refractivity contribution in [2.24, 2.45) is 4.99 Å². The topological polar surface area (TPSA) is 38.7 Å². The van der Waals surface area contributed by atoms with E-state index in [0.717, 1.165) is 41.0 Å². The molecule has 2 rings (SSSR count). The van der Waals surface area contributed by atoms with Gasteiger partial charge in [0.05, 0.1) is 7.11 Å². The van der Waals surface area contributed by atoms with E-state index in [-0.39, 0.29) is 11.6 Å². The first kappa shape index (κ1) is 18.8. The van der Waals surface area contributed by atoms with Crippen LogP contribution in [0.2, 0.25) is 0 Å². The molecule has 3 nitrogen and oxygen atoms in total. The van der Waals surface area contributed by atoms with Crippen LogP contribution < -0.4 is 4.74 Å². The average Bonchev–Trinajstić information content (AvgIpc) is 2.60. The number of hydrogen-bond donors (Lipinski definition) is 0. The van der Waals surface area contributed by atoms with Gasteiger partial charge in [-0.3, -0.25) is 9.79 Å². The molecule has 2 aromatic carbocycles. The van der Waals surface area contributed by atoms with Crippen molar-refractivity contribution in [2.45, 2.75) is 32.6 Å². The number of aliphatic imine (C=N–C) groups is 1. The summed E-state index contributed by atoms with van der Waals surface area (Å²) >= 11 is 0. The van der Waals surface area contributed by atoms with Crippen LogP contribution >= 0.6 is 0 Å². The standard InChI is InChI=1S/C21H24FNO2/c1-15-13-17(9-12-21(15)25-3)20(23-2)6-4-5-19(24)14-16-7-10-18(22)11-8-16/h7-13H,4-6,14H2,1-3H3. The monoisotopic (exact) mass is 341 g/mol. The number of hydrogen-bond acceptors (Lipinski definition) is 3. The number of methoxy groups -OCH3 is 1. The van der Waals surface area contributed by atoms with Gasteiger partial charge in [-0.25, -0.2) is 4.39 Å². The molecule has 0 atom stereocenters. The van der Waals surface area contributed by atoms with E-state index in [4.69, 9.17) is 4.74 Å². The third-order valence-electron chi connectivity index (χ3n) is 4.18. The first-order chi connectivity index (χ1) is 12.0. The molecule has 0 amide bonds. The van der Waals surface area contributed by atoms with Gasteiger partial charge in [0.1, 0.15) is 17.3 Å². The lowest BCUT2D eigenvalue weighted by Gasteiger charge is -2.10. The Labute approximate surface area is 148 Å². The van der Waals surface area contributed by atoms with E-state index in [1.54, 1.807) is 26.3 Å². The maximum absolute atomic E-state index is 12.9. The van der Waals surface area contributed by atoms with Gasteiger partial charge in [0.15, 0.2) is 0 Å². The first-order valence-electron chi connectivity index (χ1n) is 8.40. The summed E-state index contributed by atoms with van der Waals surface area (Å²) in [6.07, 6.45) is 2.33. The minimum atomic E-state index is -0.283. The second kappa shape index (κ2) is 9.11. The molecule has 0 saturated carbocycles. The predicted molar refractivity (Wildman–Crippen MR) is 99.2 cm³/mol. The molecule has 0 bridgehead atoms. The SMILES string of the molecule is CN=C(CCCC(=O)Cc1ccc(F)cc1)c1ccc(OC)c(C)c1. The van der Waals surface area contributed by atoms with Crippen molar-refractivity contribution in [3.05, 3.63) is 65.0 Å². The Morgan fingerprint density at radius 1 is 1.12 bits per heavy atom. The number of rotatable bonds is 8. The zero-order valence-corrected chi connectivity index (χ0v) is 15.0. The minimum absolute atomic E-state index is 0.160. The number of ketones is 1. The number of carbonyl (C=O) groups is 1. The lowest BCUT2D eigenvalue weighted by atomic mass is 9.99. The molecule has 0 saturated heterocycles. The van der Waals surface area contributed by atoms with Crippen molar-refractivity contribution in [1.29, 1.82) is 0 Å². The molecule has 0 aliphatic carbocycles. The summed E-state index contributed by atoms with van der Waals surface area (Å²) in [5.74, 6) is 0.733. The number of nitrogens with zero attached hydrogens (tertiary/aromatic N) is 1. The van der Waals surface area contributed by atoms with Gasteiger partial charge >= 0.3 is 0 Å². The van der Waals surface area contributed by atoms with E-state index in [2.05, 4.69) is 11.1 Å². The van der Waals surface area contributed by atoms with E-state index in [1.165, 1.54) is 12.1 Å². The fourth-order valence-corrected chi connectivity index (χ4v) is 2.81. The summed E-state index contributed by atoms with van der Waals surface area (Å²) < 4.78 is 18.2. The Bertz CT molecular complexity index is 751. The van der Waals surface area contributed by atoms with Gasteiger partial charge in [-0.05, 0) is 66.8 Å². The molecular weight excluding hydrogens is 317 g/mol. The van der Waals surface area contributed by atoms with Crippen molar-refractivity contribution in [1.82, 2.24) is 0 Å². The molecule has 132 valence electrons. The van der Waals surface area contributed by atoms with E-state index >= 15 is 0 Å². The molecule has 0 heterocycles. The Morgan fingerprint density at radius 2 is 1.84 bits per heavy atom. The Kier molecular flexibility index (Phi) is 6.87. The van der Waals surface area contributed by atoms with Crippen LogP contribution in [0.3, 0.4) is 0 Å².